The zero-order valence-corrected chi connectivity index (χ0v) is 14.6. The molecule has 0 radical (unpaired) electrons. The third-order valence-corrected chi connectivity index (χ3v) is 5.17. The molecule has 2 aromatic carbocycles. The molecule has 0 aromatic heterocycles. The van der Waals surface area contributed by atoms with Gasteiger partial charge in [0.05, 0.1) is 12.5 Å². The van der Waals surface area contributed by atoms with Crippen LogP contribution in [0.2, 0.25) is 0 Å². The Morgan fingerprint density at radius 3 is 2.96 bits per heavy atom. The third kappa shape index (κ3) is 2.90. The predicted molar refractivity (Wildman–Crippen MR) is 95.3 cm³/mol. The van der Waals surface area contributed by atoms with Crippen LogP contribution < -0.4 is 15.4 Å². The Labute approximate surface area is 151 Å². The number of carbonyl (C=O) groups excluding carboxylic acids is 1. The normalized spacial score (nSPS) is 21.5. The molecule has 1 amide bonds. The first-order valence-corrected chi connectivity index (χ1v) is 8.71. The van der Waals surface area contributed by atoms with Gasteiger partial charge in [-0.2, -0.15) is 0 Å². The molecule has 2 atom stereocenters. The summed E-state index contributed by atoms with van der Waals surface area (Å²) in [5, 5.41) is 0. The standard InChI is InChI=1S/C20H21FN2O3/c1-12-6-17(20(22)24)16-4-2-3-5-18(16)23(12)9-13-7-15(21)8-14-10-25-11-26-19(13)14/h2-5,7-8,12,17H,6,9-11H2,1H3,(H2,22,24). The van der Waals surface area contributed by atoms with Crippen LogP contribution in [0.5, 0.6) is 5.75 Å². The predicted octanol–water partition coefficient (Wildman–Crippen LogP) is 3.06. The molecule has 2 N–H and O–H groups in total. The Kier molecular flexibility index (Phi) is 4.28. The van der Waals surface area contributed by atoms with Crippen molar-refractivity contribution in [3.05, 3.63) is 58.9 Å². The van der Waals surface area contributed by atoms with Crippen LogP contribution in [0.1, 0.15) is 36.0 Å². The monoisotopic (exact) mass is 356 g/mol. The molecule has 6 heteroatoms. The molecule has 4 rings (SSSR count). The molecular weight excluding hydrogens is 335 g/mol. The van der Waals surface area contributed by atoms with Crippen molar-refractivity contribution in [3.63, 3.8) is 0 Å². The number of hydrogen-bond donors (Lipinski definition) is 1. The van der Waals surface area contributed by atoms with Gasteiger partial charge in [-0.05, 0) is 37.1 Å². The van der Waals surface area contributed by atoms with Gasteiger partial charge in [0.15, 0.2) is 6.79 Å². The van der Waals surface area contributed by atoms with E-state index in [0.29, 0.717) is 25.3 Å². The Morgan fingerprint density at radius 1 is 1.35 bits per heavy atom. The lowest BCUT2D eigenvalue weighted by Crippen LogP contribution is -2.41. The molecule has 0 saturated heterocycles. The number of hydrogen-bond acceptors (Lipinski definition) is 4. The van der Waals surface area contributed by atoms with E-state index < -0.39 is 0 Å². The third-order valence-electron chi connectivity index (χ3n) is 5.17. The van der Waals surface area contributed by atoms with Crippen molar-refractivity contribution in [3.8, 4) is 5.75 Å². The highest BCUT2D eigenvalue weighted by Crippen LogP contribution is 2.40. The van der Waals surface area contributed by atoms with Gasteiger partial charge in [0, 0.05) is 29.4 Å². The zero-order valence-electron chi connectivity index (χ0n) is 14.6. The summed E-state index contributed by atoms with van der Waals surface area (Å²) < 4.78 is 25.0. The van der Waals surface area contributed by atoms with E-state index in [1.165, 1.54) is 12.1 Å². The van der Waals surface area contributed by atoms with E-state index in [4.69, 9.17) is 15.2 Å². The lowest BCUT2D eigenvalue weighted by Gasteiger charge is -2.40. The molecule has 2 aliphatic rings. The fourth-order valence-corrected chi connectivity index (χ4v) is 3.94. The van der Waals surface area contributed by atoms with Crippen LogP contribution >= 0.6 is 0 Å². The smallest absolute Gasteiger partial charge is 0.225 e. The van der Waals surface area contributed by atoms with Gasteiger partial charge in [0.2, 0.25) is 5.91 Å². The van der Waals surface area contributed by atoms with E-state index in [2.05, 4.69) is 11.8 Å². The van der Waals surface area contributed by atoms with Gasteiger partial charge >= 0.3 is 0 Å². The highest BCUT2D eigenvalue weighted by atomic mass is 19.1. The number of fused-ring (bicyclic) bond motifs is 2. The van der Waals surface area contributed by atoms with E-state index in [1.807, 2.05) is 24.3 Å². The topological polar surface area (TPSA) is 64.8 Å². The van der Waals surface area contributed by atoms with Gasteiger partial charge in [-0.15, -0.1) is 0 Å². The van der Waals surface area contributed by atoms with Crippen LogP contribution in [0.15, 0.2) is 36.4 Å². The summed E-state index contributed by atoms with van der Waals surface area (Å²) in [4.78, 5) is 14.1. The minimum atomic E-state index is -0.312. The van der Waals surface area contributed by atoms with E-state index in [0.717, 1.165) is 22.4 Å². The first-order chi connectivity index (χ1) is 12.5. The maximum absolute atomic E-state index is 14.1. The van der Waals surface area contributed by atoms with Crippen molar-refractivity contribution in [2.75, 3.05) is 11.7 Å². The second kappa shape index (κ2) is 6.61. The van der Waals surface area contributed by atoms with E-state index in [1.54, 1.807) is 0 Å². The second-order valence-corrected chi connectivity index (χ2v) is 6.89. The van der Waals surface area contributed by atoms with Crippen LogP contribution in [-0.2, 0) is 22.7 Å². The molecule has 0 spiro atoms. The largest absolute Gasteiger partial charge is 0.467 e. The average molecular weight is 356 g/mol. The van der Waals surface area contributed by atoms with Gasteiger partial charge in [-0.3, -0.25) is 4.79 Å². The summed E-state index contributed by atoms with van der Waals surface area (Å²) in [5.74, 6) is -0.226. The molecule has 5 nitrogen and oxygen atoms in total. The molecule has 2 aliphatic heterocycles. The maximum Gasteiger partial charge on any atom is 0.225 e. The summed E-state index contributed by atoms with van der Waals surface area (Å²) in [6.45, 7) is 3.06. The number of amides is 1. The number of benzene rings is 2. The fraction of sp³-hybridized carbons (Fsp3) is 0.350. The van der Waals surface area contributed by atoms with E-state index in [9.17, 15) is 9.18 Å². The highest BCUT2D eigenvalue weighted by Gasteiger charge is 2.33. The molecule has 0 aliphatic carbocycles. The quantitative estimate of drug-likeness (QED) is 0.918. The number of primary amides is 1. The number of rotatable bonds is 3. The maximum atomic E-state index is 14.1. The summed E-state index contributed by atoms with van der Waals surface area (Å²) >= 11 is 0. The van der Waals surface area contributed by atoms with Crippen LogP contribution in [0.3, 0.4) is 0 Å². The minimum Gasteiger partial charge on any atom is -0.467 e. The lowest BCUT2D eigenvalue weighted by molar-refractivity contribution is -0.119. The van der Waals surface area contributed by atoms with E-state index in [-0.39, 0.29) is 30.5 Å². The van der Waals surface area contributed by atoms with Crippen LogP contribution in [-0.4, -0.2) is 18.7 Å². The van der Waals surface area contributed by atoms with Gasteiger partial charge in [0.1, 0.15) is 11.6 Å². The first kappa shape index (κ1) is 16.8. The number of anilines is 1. The number of halogens is 1. The van der Waals surface area contributed by atoms with Crippen LogP contribution in [0.4, 0.5) is 10.1 Å². The number of para-hydroxylation sites is 1. The minimum absolute atomic E-state index is 0.0844. The summed E-state index contributed by atoms with van der Waals surface area (Å²) in [6.07, 6.45) is 0.633. The molecule has 26 heavy (non-hydrogen) atoms. The average Bonchev–Trinajstić information content (AvgIpc) is 2.63. The number of ether oxygens (including phenoxy) is 2. The van der Waals surface area contributed by atoms with Crippen LogP contribution in [0.25, 0.3) is 0 Å². The number of nitrogens with zero attached hydrogens (tertiary/aromatic N) is 1. The summed E-state index contributed by atoms with van der Waals surface area (Å²) in [5.41, 5.74) is 9.00. The molecule has 2 unspecified atom stereocenters. The van der Waals surface area contributed by atoms with Crippen molar-refractivity contribution in [1.29, 1.82) is 0 Å². The highest BCUT2D eigenvalue weighted by molar-refractivity contribution is 5.85. The number of nitrogens with two attached hydrogens (primary N) is 1. The van der Waals surface area contributed by atoms with Crippen LogP contribution in [0, 0.1) is 5.82 Å². The summed E-state index contributed by atoms with van der Waals surface area (Å²) in [7, 11) is 0. The molecule has 2 heterocycles. The van der Waals surface area contributed by atoms with Crippen molar-refractivity contribution in [1.82, 2.24) is 0 Å². The van der Waals surface area contributed by atoms with Crippen molar-refractivity contribution < 1.29 is 18.7 Å². The second-order valence-electron chi connectivity index (χ2n) is 6.89. The Balaban J connectivity index is 1.74. The Bertz CT molecular complexity index is 855. The molecular formula is C20H21FN2O3. The van der Waals surface area contributed by atoms with Crippen molar-refractivity contribution in [2.24, 2.45) is 5.73 Å². The fourth-order valence-electron chi connectivity index (χ4n) is 3.94. The molecule has 0 bridgehead atoms. The Hall–Kier alpha value is -2.60. The van der Waals surface area contributed by atoms with Crippen molar-refractivity contribution in [2.45, 2.75) is 38.5 Å². The summed E-state index contributed by atoms with van der Waals surface area (Å²) in [6, 6.07) is 10.8. The molecule has 0 saturated carbocycles. The molecule has 0 fully saturated rings. The Morgan fingerprint density at radius 2 is 2.15 bits per heavy atom. The lowest BCUT2D eigenvalue weighted by atomic mass is 9.85. The number of carbonyl (C=O) groups is 1. The van der Waals surface area contributed by atoms with Gasteiger partial charge in [0.25, 0.3) is 0 Å². The first-order valence-electron chi connectivity index (χ1n) is 8.71. The van der Waals surface area contributed by atoms with E-state index >= 15 is 0 Å². The van der Waals surface area contributed by atoms with Gasteiger partial charge < -0.3 is 20.1 Å². The molecule has 136 valence electrons. The molecule has 2 aromatic rings. The van der Waals surface area contributed by atoms with Gasteiger partial charge in [-0.1, -0.05) is 18.2 Å². The van der Waals surface area contributed by atoms with Crippen molar-refractivity contribution >= 4 is 11.6 Å². The zero-order chi connectivity index (χ0) is 18.3. The van der Waals surface area contributed by atoms with Gasteiger partial charge in [-0.25, -0.2) is 4.39 Å². The SMILES string of the molecule is CC1CC(C(N)=O)c2ccccc2N1Cc1cc(F)cc2c1OCOC2.